The van der Waals surface area contributed by atoms with Gasteiger partial charge in [0.05, 0.1) is 6.10 Å². The van der Waals surface area contributed by atoms with Crippen molar-refractivity contribution >= 4 is 23.5 Å². The summed E-state index contributed by atoms with van der Waals surface area (Å²) in [4.78, 5) is 24.7. The predicted octanol–water partition coefficient (Wildman–Crippen LogP) is 2.96. The average Bonchev–Trinajstić information content (AvgIpc) is 2.69. The summed E-state index contributed by atoms with van der Waals surface area (Å²) in [7, 11) is 0. The molecule has 1 heterocycles. The van der Waals surface area contributed by atoms with Crippen LogP contribution < -0.4 is 5.32 Å². The topological polar surface area (TPSA) is 116 Å². The number of fused-ring (bicyclic) bond motifs is 1. The Balaban J connectivity index is 2.51. The number of nitrogens with one attached hydrogen (secondary N) is 1. The number of carbonyl (C=O) groups is 2. The number of aliphatic hydroxyl groups excluding tert-OH is 2. The number of phenols is 1. The Morgan fingerprint density at radius 2 is 1.93 bits per heavy atom. The number of cyclic esters (lactones) is 1. The number of halogens is 1. The van der Waals surface area contributed by atoms with Crippen LogP contribution in [0, 0.1) is 5.92 Å². The van der Waals surface area contributed by atoms with E-state index >= 15 is 0 Å². The van der Waals surface area contributed by atoms with Gasteiger partial charge >= 0.3 is 5.97 Å². The van der Waals surface area contributed by atoms with Gasteiger partial charge in [0.1, 0.15) is 23.5 Å². The van der Waals surface area contributed by atoms with Crippen LogP contribution in [-0.4, -0.2) is 51.9 Å². The lowest BCUT2D eigenvalue weighted by Gasteiger charge is -2.21. The molecule has 7 nitrogen and oxygen atoms in total. The second-order valence-electron chi connectivity index (χ2n) is 7.39. The third kappa shape index (κ3) is 5.67. The summed E-state index contributed by atoms with van der Waals surface area (Å²) >= 11 is 0. The maximum atomic E-state index is 14.2. The van der Waals surface area contributed by atoms with E-state index in [-0.39, 0.29) is 17.7 Å². The van der Waals surface area contributed by atoms with E-state index in [0.29, 0.717) is 17.8 Å². The first-order valence-corrected chi connectivity index (χ1v) is 9.91. The van der Waals surface area contributed by atoms with Gasteiger partial charge < -0.3 is 25.4 Å². The van der Waals surface area contributed by atoms with Gasteiger partial charge in [-0.05, 0) is 37.5 Å². The summed E-state index contributed by atoms with van der Waals surface area (Å²) < 4.78 is 19.6. The molecular weight excluding hydrogens is 393 g/mol. The van der Waals surface area contributed by atoms with Crippen LogP contribution in [0.25, 0.3) is 6.08 Å². The summed E-state index contributed by atoms with van der Waals surface area (Å²) in [6, 6.07) is 3.06. The molecule has 0 amide bonds. The van der Waals surface area contributed by atoms with Crippen LogP contribution in [0.4, 0.5) is 10.1 Å². The molecule has 0 radical (unpaired) electrons. The first-order chi connectivity index (χ1) is 14.1. The Morgan fingerprint density at radius 1 is 1.23 bits per heavy atom. The molecule has 1 aliphatic heterocycles. The highest BCUT2D eigenvalue weighted by atomic mass is 19.1. The monoisotopic (exact) mass is 421 g/mol. The second kappa shape index (κ2) is 10.4. The lowest BCUT2D eigenvalue weighted by atomic mass is 9.99. The third-order valence-electron chi connectivity index (χ3n) is 4.92. The molecule has 0 saturated heterocycles. The third-order valence-corrected chi connectivity index (χ3v) is 4.92. The van der Waals surface area contributed by atoms with Crippen molar-refractivity contribution in [2.24, 2.45) is 5.92 Å². The minimum Gasteiger partial charge on any atom is -0.507 e. The summed E-state index contributed by atoms with van der Waals surface area (Å²) in [5.74, 6) is -4.23. The smallest absolute Gasteiger partial charge is 0.342 e. The minimum absolute atomic E-state index is 0.0695. The lowest BCUT2D eigenvalue weighted by Crippen LogP contribution is -2.34. The largest absolute Gasteiger partial charge is 0.507 e. The molecule has 30 heavy (non-hydrogen) atoms. The van der Waals surface area contributed by atoms with Gasteiger partial charge in [0, 0.05) is 24.2 Å². The molecule has 8 heteroatoms. The number of benzene rings is 1. The van der Waals surface area contributed by atoms with Gasteiger partial charge in [-0.3, -0.25) is 4.79 Å². The quantitative estimate of drug-likeness (QED) is 0.555. The molecule has 0 unspecified atom stereocenters. The predicted molar refractivity (Wildman–Crippen MR) is 111 cm³/mol. The van der Waals surface area contributed by atoms with Gasteiger partial charge in [-0.1, -0.05) is 26.0 Å². The number of aliphatic hydroxyl groups is 2. The number of hydrogen-bond acceptors (Lipinski definition) is 7. The van der Waals surface area contributed by atoms with Crippen molar-refractivity contribution < 1.29 is 34.0 Å². The van der Waals surface area contributed by atoms with Crippen LogP contribution in [0.2, 0.25) is 0 Å². The zero-order chi connectivity index (χ0) is 22.4. The van der Waals surface area contributed by atoms with Crippen LogP contribution in [-0.2, 0) is 9.53 Å². The normalized spacial score (nSPS) is 28.5. The number of Topliss-reactive ketones (excluding diaryl/α,β-unsaturated/α-hetero) is 1. The van der Waals surface area contributed by atoms with Crippen LogP contribution in [0.1, 0.15) is 49.5 Å². The highest BCUT2D eigenvalue weighted by Gasteiger charge is 2.29. The molecule has 0 spiro atoms. The van der Waals surface area contributed by atoms with Crippen LogP contribution in [0.3, 0.4) is 0 Å². The Labute approximate surface area is 174 Å². The fraction of sp³-hybridized carbons (Fsp3) is 0.455. The molecule has 4 N–H and O–H groups in total. The van der Waals surface area contributed by atoms with Crippen LogP contribution in [0.15, 0.2) is 30.1 Å². The standard InChI is InChI=1S/C22H28FNO6/c1-4-8-24-15-10-14-6-5-7-17(25)21(28)20(27)16(23)9-12(2)13(3)30-22(29)19(14)18(26)11-15/h5-6,9-13,17,21,24-26,28H,4,7-8H2,1-3H3/b6-5+,16-9+/t12-,13+,17+,21+/m1/s1. The van der Waals surface area contributed by atoms with Crippen molar-refractivity contribution in [2.45, 2.75) is 51.9 Å². The number of ether oxygens (including phenoxy) is 1. The van der Waals surface area contributed by atoms with Crippen LogP contribution in [0.5, 0.6) is 5.75 Å². The maximum Gasteiger partial charge on any atom is 0.342 e. The van der Waals surface area contributed by atoms with E-state index in [1.807, 2.05) is 6.92 Å². The van der Waals surface area contributed by atoms with Gasteiger partial charge in [0.15, 0.2) is 5.83 Å². The summed E-state index contributed by atoms with van der Waals surface area (Å²) in [6.45, 7) is 5.71. The van der Waals surface area contributed by atoms with E-state index in [9.17, 15) is 29.3 Å². The minimum atomic E-state index is -1.93. The number of rotatable bonds is 3. The highest BCUT2D eigenvalue weighted by Crippen LogP contribution is 2.30. The Bertz CT molecular complexity index is 850. The van der Waals surface area contributed by atoms with E-state index in [0.717, 1.165) is 12.5 Å². The Hall–Kier alpha value is -2.71. The lowest BCUT2D eigenvalue weighted by molar-refractivity contribution is -0.130. The van der Waals surface area contributed by atoms with Crippen LogP contribution >= 0.6 is 0 Å². The number of hydrogen-bond donors (Lipinski definition) is 4. The number of carbonyl (C=O) groups excluding carboxylic acids is 2. The van der Waals surface area contributed by atoms with E-state index < -0.39 is 41.8 Å². The highest BCUT2D eigenvalue weighted by molar-refractivity contribution is 5.98. The number of anilines is 1. The fourth-order valence-corrected chi connectivity index (χ4v) is 2.94. The van der Waals surface area contributed by atoms with E-state index in [2.05, 4.69) is 5.32 Å². The van der Waals surface area contributed by atoms with E-state index in [4.69, 9.17) is 4.74 Å². The van der Waals surface area contributed by atoms with E-state index in [1.54, 1.807) is 6.07 Å². The summed E-state index contributed by atoms with van der Waals surface area (Å²) in [6.07, 6.45) is 0.237. The maximum absolute atomic E-state index is 14.2. The molecule has 1 aromatic carbocycles. The number of phenolic OH excluding ortho intramolecular Hbond substituents is 1. The first-order valence-electron chi connectivity index (χ1n) is 9.91. The molecule has 2 rings (SSSR count). The van der Waals surface area contributed by atoms with Gasteiger partial charge in [-0.15, -0.1) is 0 Å². The molecule has 0 bridgehead atoms. The molecule has 164 valence electrons. The molecule has 0 aromatic heterocycles. The number of aromatic hydroxyl groups is 1. The molecular formula is C22H28FNO6. The number of esters is 1. The van der Waals surface area contributed by atoms with Crippen molar-refractivity contribution in [2.75, 3.05) is 11.9 Å². The average molecular weight is 421 g/mol. The summed E-state index contributed by atoms with van der Waals surface area (Å²) in [5.41, 5.74) is 0.860. The zero-order valence-electron chi connectivity index (χ0n) is 17.3. The Kier molecular flexibility index (Phi) is 8.14. The molecule has 0 saturated carbocycles. The van der Waals surface area contributed by atoms with Crippen molar-refractivity contribution in [1.82, 2.24) is 0 Å². The number of ketones is 1. The molecule has 1 aliphatic rings. The first kappa shape index (κ1) is 23.6. The summed E-state index contributed by atoms with van der Waals surface area (Å²) in [5, 5.41) is 33.6. The fourth-order valence-electron chi connectivity index (χ4n) is 2.94. The molecule has 1 aromatic rings. The molecule has 4 atom stereocenters. The van der Waals surface area contributed by atoms with E-state index in [1.165, 1.54) is 32.1 Å². The second-order valence-corrected chi connectivity index (χ2v) is 7.39. The Morgan fingerprint density at radius 3 is 2.60 bits per heavy atom. The van der Waals surface area contributed by atoms with Crippen molar-refractivity contribution in [3.05, 3.63) is 41.2 Å². The van der Waals surface area contributed by atoms with Gasteiger partial charge in [-0.2, -0.15) is 0 Å². The molecule has 0 aliphatic carbocycles. The molecule has 0 fully saturated rings. The van der Waals surface area contributed by atoms with Crippen molar-refractivity contribution in [1.29, 1.82) is 0 Å². The van der Waals surface area contributed by atoms with Gasteiger partial charge in [-0.25, -0.2) is 9.18 Å². The van der Waals surface area contributed by atoms with Gasteiger partial charge in [0.2, 0.25) is 5.78 Å². The van der Waals surface area contributed by atoms with Crippen molar-refractivity contribution in [3.63, 3.8) is 0 Å². The van der Waals surface area contributed by atoms with Crippen molar-refractivity contribution in [3.8, 4) is 5.75 Å². The SMILES string of the molecule is CCCNc1cc(O)c2c(c1)/C=C/C[C@H](O)[C@H](O)C(=O)/C(F)=C\[C@@H](C)[C@H](C)OC2=O. The zero-order valence-corrected chi connectivity index (χ0v) is 17.3. The van der Waals surface area contributed by atoms with Gasteiger partial charge in [0.25, 0.3) is 0 Å².